The van der Waals surface area contributed by atoms with Gasteiger partial charge in [0.2, 0.25) is 0 Å². The van der Waals surface area contributed by atoms with Crippen molar-refractivity contribution in [3.05, 3.63) is 71.6 Å². The van der Waals surface area contributed by atoms with Crippen molar-refractivity contribution in [2.45, 2.75) is 0 Å². The molecule has 19 heavy (non-hydrogen) atoms. The third-order valence-electron chi connectivity index (χ3n) is 3.17. The molecule has 0 bridgehead atoms. The monoisotopic (exact) mass is 248 g/mol. The standard InChI is InChI=1S/C16H12N2O/c19-18-17-16-14-9-5-4-8-13(14)10-11-15(16)12-6-2-1-3-7-12/h1-11H,(H,17,19). The molecule has 3 aromatic rings. The highest BCUT2D eigenvalue weighted by atomic mass is 16.3. The predicted molar refractivity (Wildman–Crippen MR) is 78.8 cm³/mol. The topological polar surface area (TPSA) is 41.5 Å². The smallest absolute Gasteiger partial charge is 0.0750 e. The summed E-state index contributed by atoms with van der Waals surface area (Å²) in [7, 11) is 0. The van der Waals surface area contributed by atoms with E-state index in [0.29, 0.717) is 0 Å². The van der Waals surface area contributed by atoms with Gasteiger partial charge in [-0.3, -0.25) is 0 Å². The maximum Gasteiger partial charge on any atom is 0.0750 e. The zero-order valence-corrected chi connectivity index (χ0v) is 10.2. The summed E-state index contributed by atoms with van der Waals surface area (Å²) >= 11 is 0. The lowest BCUT2D eigenvalue weighted by molar-refractivity contribution is 1.33. The van der Waals surface area contributed by atoms with Crippen molar-refractivity contribution >= 4 is 16.5 Å². The number of hydrogen-bond donors (Lipinski definition) is 1. The average molecular weight is 248 g/mol. The van der Waals surface area contributed by atoms with Crippen LogP contribution < -0.4 is 5.43 Å². The fraction of sp³-hybridized carbons (Fsp3) is 0. The second kappa shape index (κ2) is 4.90. The lowest BCUT2D eigenvalue weighted by Crippen LogP contribution is -1.92. The molecule has 1 N–H and O–H groups in total. The van der Waals surface area contributed by atoms with Crippen molar-refractivity contribution in [1.29, 1.82) is 0 Å². The Morgan fingerprint density at radius 3 is 2.32 bits per heavy atom. The first-order valence-corrected chi connectivity index (χ1v) is 6.05. The SMILES string of the molecule is O=NNc1c(-c2ccccc2)ccc2ccccc12. The van der Waals surface area contributed by atoms with Crippen LogP contribution in [0.4, 0.5) is 5.69 Å². The number of nitrogens with zero attached hydrogens (tertiary/aromatic N) is 1. The summed E-state index contributed by atoms with van der Waals surface area (Å²) in [6, 6.07) is 21.9. The Bertz CT molecular complexity index is 723. The summed E-state index contributed by atoms with van der Waals surface area (Å²) < 4.78 is 0. The molecule has 0 unspecified atom stereocenters. The van der Waals surface area contributed by atoms with E-state index < -0.39 is 0 Å². The lowest BCUT2D eigenvalue weighted by atomic mass is 9.99. The predicted octanol–water partition coefficient (Wildman–Crippen LogP) is 4.60. The molecule has 92 valence electrons. The van der Waals surface area contributed by atoms with E-state index in [1.165, 1.54) is 0 Å². The van der Waals surface area contributed by atoms with Gasteiger partial charge in [-0.15, -0.1) is 4.91 Å². The molecule has 3 rings (SSSR count). The van der Waals surface area contributed by atoms with Crippen molar-refractivity contribution in [2.24, 2.45) is 5.29 Å². The summed E-state index contributed by atoms with van der Waals surface area (Å²) in [4.78, 5) is 10.6. The molecule has 0 spiro atoms. The molecule has 0 aliphatic carbocycles. The van der Waals surface area contributed by atoms with Crippen molar-refractivity contribution in [1.82, 2.24) is 0 Å². The molecule has 0 saturated carbocycles. The van der Waals surface area contributed by atoms with Gasteiger partial charge in [0.15, 0.2) is 0 Å². The Balaban J connectivity index is 2.30. The molecule has 0 aliphatic heterocycles. The molecule has 0 aromatic heterocycles. The molecule has 0 amide bonds. The van der Waals surface area contributed by atoms with Crippen molar-refractivity contribution in [3.63, 3.8) is 0 Å². The van der Waals surface area contributed by atoms with Crippen LogP contribution in [0, 0.1) is 4.91 Å². The Morgan fingerprint density at radius 2 is 1.53 bits per heavy atom. The number of rotatable bonds is 3. The minimum atomic E-state index is 0.749. The van der Waals surface area contributed by atoms with Crippen LogP contribution in [-0.4, -0.2) is 0 Å². The van der Waals surface area contributed by atoms with E-state index in [1.54, 1.807) is 0 Å². The van der Waals surface area contributed by atoms with Gasteiger partial charge in [0.25, 0.3) is 0 Å². The number of nitroso groups, excluding NO2 is 1. The molecule has 0 aliphatic rings. The summed E-state index contributed by atoms with van der Waals surface area (Å²) in [6.07, 6.45) is 0. The summed E-state index contributed by atoms with van der Waals surface area (Å²) in [6.45, 7) is 0. The van der Waals surface area contributed by atoms with Crippen molar-refractivity contribution in [2.75, 3.05) is 5.43 Å². The Hall–Kier alpha value is -2.68. The first-order valence-electron chi connectivity index (χ1n) is 6.05. The molecule has 0 saturated heterocycles. The number of nitrogens with one attached hydrogen (secondary N) is 1. The van der Waals surface area contributed by atoms with E-state index in [4.69, 9.17) is 0 Å². The largest absolute Gasteiger partial charge is 0.241 e. The van der Waals surface area contributed by atoms with Gasteiger partial charge in [-0.25, -0.2) is 5.43 Å². The molecular weight excluding hydrogens is 236 g/mol. The molecule has 0 radical (unpaired) electrons. The summed E-state index contributed by atoms with van der Waals surface area (Å²) in [5, 5.41) is 4.91. The minimum absolute atomic E-state index is 0.749. The molecular formula is C16H12N2O. The molecule has 0 fully saturated rings. The van der Waals surface area contributed by atoms with E-state index >= 15 is 0 Å². The van der Waals surface area contributed by atoms with E-state index in [0.717, 1.165) is 27.6 Å². The van der Waals surface area contributed by atoms with Gasteiger partial charge in [-0.05, 0) is 10.9 Å². The van der Waals surface area contributed by atoms with Gasteiger partial charge in [0, 0.05) is 10.9 Å². The first-order chi connectivity index (χ1) is 9.40. The Labute approximate surface area is 110 Å². The maximum atomic E-state index is 10.6. The zero-order valence-electron chi connectivity index (χ0n) is 10.2. The van der Waals surface area contributed by atoms with Crippen LogP contribution in [0.3, 0.4) is 0 Å². The van der Waals surface area contributed by atoms with Crippen LogP contribution >= 0.6 is 0 Å². The highest BCUT2D eigenvalue weighted by molar-refractivity contribution is 6.01. The van der Waals surface area contributed by atoms with Crippen LogP contribution in [0.2, 0.25) is 0 Å². The van der Waals surface area contributed by atoms with Gasteiger partial charge >= 0.3 is 0 Å². The van der Waals surface area contributed by atoms with E-state index in [2.05, 4.69) is 10.7 Å². The normalized spacial score (nSPS) is 10.3. The minimum Gasteiger partial charge on any atom is -0.241 e. The van der Waals surface area contributed by atoms with Crippen molar-refractivity contribution in [3.8, 4) is 11.1 Å². The number of hydrogen-bond acceptors (Lipinski definition) is 2. The van der Waals surface area contributed by atoms with Gasteiger partial charge in [0.1, 0.15) is 0 Å². The number of fused-ring (bicyclic) bond motifs is 1. The second-order valence-corrected chi connectivity index (χ2v) is 4.28. The Kier molecular flexibility index (Phi) is 2.94. The van der Waals surface area contributed by atoms with Crippen LogP contribution in [-0.2, 0) is 0 Å². The van der Waals surface area contributed by atoms with Gasteiger partial charge in [-0.1, -0.05) is 66.7 Å². The zero-order chi connectivity index (χ0) is 13.1. The maximum absolute atomic E-state index is 10.6. The van der Waals surface area contributed by atoms with E-state index in [9.17, 15) is 4.91 Å². The fourth-order valence-corrected chi connectivity index (χ4v) is 2.30. The highest BCUT2D eigenvalue weighted by Crippen LogP contribution is 2.34. The number of anilines is 1. The number of benzene rings is 3. The first kappa shape index (κ1) is 11.4. The lowest BCUT2D eigenvalue weighted by Gasteiger charge is -2.11. The molecule has 0 heterocycles. The van der Waals surface area contributed by atoms with Gasteiger partial charge in [-0.2, -0.15) is 0 Å². The average Bonchev–Trinajstić information content (AvgIpc) is 2.49. The van der Waals surface area contributed by atoms with E-state index in [-0.39, 0.29) is 0 Å². The quantitative estimate of drug-likeness (QED) is 0.543. The third kappa shape index (κ3) is 2.06. The van der Waals surface area contributed by atoms with Crippen LogP contribution in [0.5, 0.6) is 0 Å². The van der Waals surface area contributed by atoms with Crippen molar-refractivity contribution < 1.29 is 0 Å². The molecule has 0 atom stereocenters. The van der Waals surface area contributed by atoms with Crippen LogP contribution in [0.15, 0.2) is 72.0 Å². The van der Waals surface area contributed by atoms with Gasteiger partial charge in [0.05, 0.1) is 11.0 Å². The second-order valence-electron chi connectivity index (χ2n) is 4.28. The third-order valence-corrected chi connectivity index (χ3v) is 3.17. The fourth-order valence-electron chi connectivity index (χ4n) is 2.30. The molecule has 3 aromatic carbocycles. The van der Waals surface area contributed by atoms with Gasteiger partial charge < -0.3 is 0 Å². The van der Waals surface area contributed by atoms with Crippen LogP contribution in [0.1, 0.15) is 0 Å². The summed E-state index contributed by atoms with van der Waals surface area (Å²) in [5.74, 6) is 0. The molecule has 3 heteroatoms. The highest BCUT2D eigenvalue weighted by Gasteiger charge is 2.09. The van der Waals surface area contributed by atoms with Crippen LogP contribution in [0.25, 0.3) is 21.9 Å². The molecule has 3 nitrogen and oxygen atoms in total. The Morgan fingerprint density at radius 1 is 0.789 bits per heavy atom. The summed E-state index contributed by atoms with van der Waals surface area (Å²) in [5.41, 5.74) is 5.36. The van der Waals surface area contributed by atoms with E-state index in [1.807, 2.05) is 66.7 Å².